The summed E-state index contributed by atoms with van der Waals surface area (Å²) >= 11 is 0. The van der Waals surface area contributed by atoms with Crippen LogP contribution in [0.4, 0.5) is 0 Å². The minimum Gasteiger partial charge on any atom is -0.448 e. The molecule has 0 aromatic carbocycles. The summed E-state index contributed by atoms with van der Waals surface area (Å²) in [6, 6.07) is -0.809. The van der Waals surface area contributed by atoms with Crippen molar-refractivity contribution in [2.45, 2.75) is 19.4 Å². The van der Waals surface area contributed by atoms with Crippen molar-refractivity contribution < 1.29 is 14.0 Å². The second-order valence-electron chi connectivity index (χ2n) is 6.33. The molecular weight excluding hydrogens is 324 g/mol. The summed E-state index contributed by atoms with van der Waals surface area (Å²) in [5, 5.41) is 11.0. The average Bonchev–Trinajstić information content (AvgIpc) is 3.11. The number of carbonyl (C=O) groups excluding carboxylic acids is 2. The third kappa shape index (κ3) is 4.72. The van der Waals surface area contributed by atoms with Gasteiger partial charge in [0.25, 0.3) is 5.91 Å². The summed E-state index contributed by atoms with van der Waals surface area (Å²) in [6.07, 6.45) is 3.08. The summed E-state index contributed by atoms with van der Waals surface area (Å²) in [7, 11) is 5.45. The van der Waals surface area contributed by atoms with E-state index in [9.17, 15) is 9.59 Å². The number of rotatable bonds is 6. The van der Waals surface area contributed by atoms with Crippen molar-refractivity contribution in [3.63, 3.8) is 0 Å². The molecule has 1 saturated heterocycles. The van der Waals surface area contributed by atoms with Crippen LogP contribution in [0, 0.1) is 18.3 Å². The lowest BCUT2D eigenvalue weighted by molar-refractivity contribution is -0.124. The van der Waals surface area contributed by atoms with E-state index in [4.69, 9.17) is 9.83 Å². The summed E-state index contributed by atoms with van der Waals surface area (Å²) in [4.78, 5) is 35.8. The topological polar surface area (TPSA) is 115 Å². The molecule has 1 aliphatic rings. The van der Waals surface area contributed by atoms with Crippen molar-refractivity contribution in [2.75, 3.05) is 34.2 Å². The Labute approximate surface area is 146 Å². The Balaban J connectivity index is 2.07. The normalized spacial score (nSPS) is 19.0. The van der Waals surface area contributed by atoms with Crippen LogP contribution in [0.25, 0.3) is 0 Å². The summed E-state index contributed by atoms with van der Waals surface area (Å²) in [5.74, 6) is -0.0515. The number of likely N-dealkylation sites (tertiary alicyclic amines) is 1. The van der Waals surface area contributed by atoms with Gasteiger partial charge in [0.1, 0.15) is 18.1 Å². The highest BCUT2D eigenvalue weighted by Gasteiger charge is 2.35. The molecule has 1 fully saturated rings. The third-order valence-electron chi connectivity index (χ3n) is 3.85. The number of aliphatic imine (C=N–C) groups is 1. The van der Waals surface area contributed by atoms with Crippen molar-refractivity contribution in [2.24, 2.45) is 10.9 Å². The smallest absolute Gasteiger partial charge is 0.274 e. The molecule has 2 atom stereocenters. The first kappa shape index (κ1) is 18.8. The van der Waals surface area contributed by atoms with E-state index in [1.54, 1.807) is 14.0 Å². The van der Waals surface area contributed by atoms with E-state index in [0.29, 0.717) is 18.9 Å². The maximum absolute atomic E-state index is 12.3. The van der Waals surface area contributed by atoms with E-state index >= 15 is 0 Å². The highest BCUT2D eigenvalue weighted by molar-refractivity contribution is 6.10. The maximum Gasteiger partial charge on any atom is 0.274 e. The van der Waals surface area contributed by atoms with Gasteiger partial charge in [-0.05, 0) is 20.0 Å². The number of nitrogens with one attached hydrogen (secondary N) is 2. The molecule has 0 bridgehead atoms. The molecule has 2 heterocycles. The number of aromatic nitrogens is 1. The standard InChI is InChI=1S/C16H24N6O3/c1-10-19-13(9-25-10)16(24)20-12(6-18-2)15(17)22-8-11(5-14(22)23)7-21(3)4/h6,9,11-12,17H,5,7-8H2,1-4H3,(H,20,24). The summed E-state index contributed by atoms with van der Waals surface area (Å²) < 4.78 is 5.03. The first-order chi connectivity index (χ1) is 11.8. The fourth-order valence-corrected chi connectivity index (χ4v) is 2.83. The highest BCUT2D eigenvalue weighted by Crippen LogP contribution is 2.19. The fourth-order valence-electron chi connectivity index (χ4n) is 2.83. The van der Waals surface area contributed by atoms with Crippen LogP contribution in [-0.4, -0.2) is 78.9 Å². The minimum absolute atomic E-state index is 0.00502. The van der Waals surface area contributed by atoms with E-state index in [1.807, 2.05) is 19.0 Å². The van der Waals surface area contributed by atoms with Gasteiger partial charge < -0.3 is 14.6 Å². The van der Waals surface area contributed by atoms with Gasteiger partial charge >= 0.3 is 0 Å². The predicted molar refractivity (Wildman–Crippen MR) is 93.0 cm³/mol. The second kappa shape index (κ2) is 8.02. The Morgan fingerprint density at radius 2 is 2.36 bits per heavy atom. The predicted octanol–water partition coefficient (Wildman–Crippen LogP) is 0.169. The van der Waals surface area contributed by atoms with Gasteiger partial charge in [0.15, 0.2) is 11.6 Å². The van der Waals surface area contributed by atoms with Gasteiger partial charge in [-0.2, -0.15) is 0 Å². The van der Waals surface area contributed by atoms with Gasteiger partial charge in [-0.1, -0.05) is 0 Å². The molecular formula is C16H24N6O3. The fraction of sp³-hybridized carbons (Fsp3) is 0.562. The Hall–Kier alpha value is -2.55. The lowest BCUT2D eigenvalue weighted by atomic mass is 10.1. The summed E-state index contributed by atoms with van der Waals surface area (Å²) in [5.41, 5.74) is 0.123. The van der Waals surface area contributed by atoms with E-state index < -0.39 is 11.9 Å². The molecule has 9 nitrogen and oxygen atoms in total. The second-order valence-corrected chi connectivity index (χ2v) is 6.33. The van der Waals surface area contributed by atoms with Crippen LogP contribution < -0.4 is 5.32 Å². The van der Waals surface area contributed by atoms with Crippen LogP contribution in [-0.2, 0) is 4.79 Å². The first-order valence-corrected chi connectivity index (χ1v) is 8.00. The van der Waals surface area contributed by atoms with E-state index in [-0.39, 0.29) is 23.4 Å². The van der Waals surface area contributed by atoms with Crippen LogP contribution in [0.15, 0.2) is 15.7 Å². The number of nitrogens with zero attached hydrogens (tertiary/aromatic N) is 4. The number of amidine groups is 1. The Morgan fingerprint density at radius 1 is 1.64 bits per heavy atom. The number of oxazole rings is 1. The van der Waals surface area contributed by atoms with Crippen LogP contribution in [0.3, 0.4) is 0 Å². The zero-order valence-electron chi connectivity index (χ0n) is 14.9. The molecule has 1 aromatic rings. The summed E-state index contributed by atoms with van der Waals surface area (Å²) in [6.45, 7) is 2.87. The van der Waals surface area contributed by atoms with Gasteiger partial charge in [-0.3, -0.25) is 24.9 Å². The number of carbonyl (C=O) groups is 2. The van der Waals surface area contributed by atoms with Gasteiger partial charge in [0.05, 0.1) is 0 Å². The van der Waals surface area contributed by atoms with Gasteiger partial charge in [0.2, 0.25) is 5.91 Å². The van der Waals surface area contributed by atoms with Crippen LogP contribution in [0.5, 0.6) is 0 Å². The highest BCUT2D eigenvalue weighted by atomic mass is 16.3. The van der Waals surface area contributed by atoms with Gasteiger partial charge in [-0.15, -0.1) is 0 Å². The van der Waals surface area contributed by atoms with Crippen LogP contribution in [0.1, 0.15) is 22.8 Å². The monoisotopic (exact) mass is 348 g/mol. The maximum atomic E-state index is 12.3. The van der Waals surface area contributed by atoms with Crippen LogP contribution in [0.2, 0.25) is 0 Å². The van der Waals surface area contributed by atoms with E-state index in [1.165, 1.54) is 17.4 Å². The number of hydrogen-bond acceptors (Lipinski definition) is 7. The van der Waals surface area contributed by atoms with E-state index in [2.05, 4.69) is 15.3 Å². The third-order valence-corrected chi connectivity index (χ3v) is 3.85. The number of amides is 2. The molecule has 2 unspecified atom stereocenters. The molecule has 0 saturated carbocycles. The minimum atomic E-state index is -0.809. The van der Waals surface area contributed by atoms with Gasteiger partial charge in [-0.25, -0.2) is 4.98 Å². The molecule has 1 aromatic heterocycles. The van der Waals surface area contributed by atoms with Gasteiger partial charge in [0, 0.05) is 39.7 Å². The Morgan fingerprint density at radius 3 is 2.92 bits per heavy atom. The zero-order chi connectivity index (χ0) is 18.6. The van der Waals surface area contributed by atoms with E-state index in [0.717, 1.165) is 6.54 Å². The molecule has 1 aliphatic heterocycles. The SMILES string of the molecule is CN=CC(NC(=O)c1coc(C)n1)C(=N)N1CC(CN(C)C)CC1=O. The molecule has 25 heavy (non-hydrogen) atoms. The Bertz CT molecular complexity index is 681. The molecule has 2 amide bonds. The van der Waals surface area contributed by atoms with Crippen molar-refractivity contribution in [3.8, 4) is 0 Å². The lowest BCUT2D eigenvalue weighted by Gasteiger charge is -2.23. The molecule has 0 spiro atoms. The number of hydrogen-bond donors (Lipinski definition) is 2. The molecule has 9 heteroatoms. The lowest BCUT2D eigenvalue weighted by Crippen LogP contribution is -2.50. The molecule has 0 aliphatic carbocycles. The average molecular weight is 348 g/mol. The van der Waals surface area contributed by atoms with Crippen molar-refractivity contribution in [3.05, 3.63) is 17.8 Å². The molecule has 2 N–H and O–H groups in total. The number of aryl methyl sites for hydroxylation is 1. The Kier molecular flexibility index (Phi) is 6.02. The first-order valence-electron chi connectivity index (χ1n) is 8.00. The largest absolute Gasteiger partial charge is 0.448 e. The van der Waals surface area contributed by atoms with Crippen molar-refractivity contribution in [1.29, 1.82) is 5.41 Å². The molecule has 2 rings (SSSR count). The van der Waals surface area contributed by atoms with Crippen LogP contribution >= 0.6 is 0 Å². The molecule has 0 radical (unpaired) electrons. The quantitative estimate of drug-likeness (QED) is 0.562. The molecule has 136 valence electrons. The van der Waals surface area contributed by atoms with Crippen molar-refractivity contribution >= 4 is 23.9 Å². The van der Waals surface area contributed by atoms with Crippen molar-refractivity contribution in [1.82, 2.24) is 20.1 Å². The zero-order valence-corrected chi connectivity index (χ0v) is 14.9.